The van der Waals surface area contributed by atoms with Crippen molar-refractivity contribution < 1.29 is 9.90 Å². The van der Waals surface area contributed by atoms with Crippen LogP contribution in [0, 0.1) is 5.92 Å². The SMILES string of the molecule is CCC1CCC(N(CC(=O)O)C2CC2)C1. The van der Waals surface area contributed by atoms with Gasteiger partial charge in [0.15, 0.2) is 0 Å². The zero-order chi connectivity index (χ0) is 10.8. The van der Waals surface area contributed by atoms with E-state index in [2.05, 4.69) is 11.8 Å². The van der Waals surface area contributed by atoms with Crippen molar-refractivity contribution in [3.63, 3.8) is 0 Å². The molecule has 2 aliphatic carbocycles. The van der Waals surface area contributed by atoms with Gasteiger partial charge in [0.25, 0.3) is 0 Å². The first-order valence-corrected chi connectivity index (χ1v) is 6.18. The van der Waals surface area contributed by atoms with Crippen molar-refractivity contribution in [1.29, 1.82) is 0 Å². The molecule has 2 aliphatic rings. The van der Waals surface area contributed by atoms with Crippen molar-refractivity contribution in [2.75, 3.05) is 6.54 Å². The van der Waals surface area contributed by atoms with Crippen molar-refractivity contribution >= 4 is 5.97 Å². The fourth-order valence-electron chi connectivity index (χ4n) is 2.84. The lowest BCUT2D eigenvalue weighted by atomic mass is 10.1. The van der Waals surface area contributed by atoms with Crippen LogP contribution in [0.1, 0.15) is 45.4 Å². The van der Waals surface area contributed by atoms with E-state index in [0.29, 0.717) is 12.1 Å². The molecular weight excluding hydrogens is 190 g/mol. The molecule has 86 valence electrons. The van der Waals surface area contributed by atoms with Crippen LogP contribution in [0.3, 0.4) is 0 Å². The molecule has 0 aromatic rings. The third-order valence-corrected chi connectivity index (χ3v) is 3.89. The van der Waals surface area contributed by atoms with E-state index in [0.717, 1.165) is 5.92 Å². The predicted octanol–water partition coefficient (Wildman–Crippen LogP) is 2.11. The molecule has 0 saturated heterocycles. The Balaban J connectivity index is 1.90. The minimum absolute atomic E-state index is 0.256. The van der Waals surface area contributed by atoms with E-state index in [9.17, 15) is 4.79 Å². The van der Waals surface area contributed by atoms with Crippen molar-refractivity contribution in [3.05, 3.63) is 0 Å². The van der Waals surface area contributed by atoms with Crippen LogP contribution < -0.4 is 0 Å². The summed E-state index contributed by atoms with van der Waals surface area (Å²) in [6, 6.07) is 1.14. The fourth-order valence-corrected chi connectivity index (χ4v) is 2.84. The van der Waals surface area contributed by atoms with Gasteiger partial charge in [-0.1, -0.05) is 13.3 Å². The molecule has 2 saturated carbocycles. The summed E-state index contributed by atoms with van der Waals surface area (Å²) < 4.78 is 0. The summed E-state index contributed by atoms with van der Waals surface area (Å²) in [4.78, 5) is 13.1. The van der Waals surface area contributed by atoms with Crippen LogP contribution in [0.25, 0.3) is 0 Å². The van der Waals surface area contributed by atoms with Gasteiger partial charge in [-0.2, -0.15) is 0 Å². The summed E-state index contributed by atoms with van der Waals surface area (Å²) in [5.41, 5.74) is 0. The first kappa shape index (κ1) is 10.9. The van der Waals surface area contributed by atoms with Gasteiger partial charge in [0.2, 0.25) is 0 Å². The molecule has 0 bridgehead atoms. The van der Waals surface area contributed by atoms with E-state index in [1.165, 1.54) is 38.5 Å². The van der Waals surface area contributed by atoms with Gasteiger partial charge in [-0.25, -0.2) is 0 Å². The Morgan fingerprint density at radius 1 is 1.27 bits per heavy atom. The highest BCUT2D eigenvalue weighted by Crippen LogP contribution is 2.37. The fraction of sp³-hybridized carbons (Fsp3) is 0.917. The van der Waals surface area contributed by atoms with Gasteiger partial charge in [-0.05, 0) is 38.0 Å². The highest BCUT2D eigenvalue weighted by atomic mass is 16.4. The lowest BCUT2D eigenvalue weighted by Gasteiger charge is -2.27. The van der Waals surface area contributed by atoms with Gasteiger partial charge in [0.05, 0.1) is 6.54 Å². The number of nitrogens with zero attached hydrogens (tertiary/aromatic N) is 1. The van der Waals surface area contributed by atoms with Crippen LogP contribution in [0.15, 0.2) is 0 Å². The van der Waals surface area contributed by atoms with Crippen molar-refractivity contribution in [2.45, 2.75) is 57.5 Å². The lowest BCUT2D eigenvalue weighted by molar-refractivity contribution is -0.139. The third-order valence-electron chi connectivity index (χ3n) is 3.89. The molecule has 0 amide bonds. The molecule has 1 N–H and O–H groups in total. The molecule has 0 radical (unpaired) electrons. The molecular formula is C12H21NO2. The van der Waals surface area contributed by atoms with E-state index in [1.54, 1.807) is 0 Å². The van der Waals surface area contributed by atoms with Crippen LogP contribution in [-0.4, -0.2) is 34.6 Å². The van der Waals surface area contributed by atoms with Gasteiger partial charge in [-0.3, -0.25) is 9.69 Å². The van der Waals surface area contributed by atoms with Crippen LogP contribution in [0.2, 0.25) is 0 Å². The predicted molar refractivity (Wildman–Crippen MR) is 58.8 cm³/mol. The number of hydrogen-bond acceptors (Lipinski definition) is 2. The van der Waals surface area contributed by atoms with E-state index in [1.807, 2.05) is 0 Å². The molecule has 2 rings (SSSR count). The van der Waals surface area contributed by atoms with Gasteiger partial charge < -0.3 is 5.11 Å². The summed E-state index contributed by atoms with van der Waals surface area (Å²) in [5, 5.41) is 8.90. The topological polar surface area (TPSA) is 40.5 Å². The number of carboxylic acids is 1. The number of carboxylic acid groups (broad SMARTS) is 1. The minimum Gasteiger partial charge on any atom is -0.480 e. The molecule has 0 spiro atoms. The first-order valence-electron chi connectivity index (χ1n) is 6.18. The van der Waals surface area contributed by atoms with Crippen LogP contribution >= 0.6 is 0 Å². The van der Waals surface area contributed by atoms with E-state index < -0.39 is 5.97 Å². The molecule has 3 nitrogen and oxygen atoms in total. The van der Waals surface area contributed by atoms with Crippen LogP contribution in [0.4, 0.5) is 0 Å². The summed E-state index contributed by atoms with van der Waals surface area (Å²) in [6.07, 6.45) is 7.40. The molecule has 0 heterocycles. The maximum absolute atomic E-state index is 10.8. The second-order valence-corrected chi connectivity index (χ2v) is 5.04. The molecule has 2 unspecified atom stereocenters. The summed E-state index contributed by atoms with van der Waals surface area (Å²) in [5.74, 6) is 0.173. The Morgan fingerprint density at radius 2 is 1.93 bits per heavy atom. The van der Waals surface area contributed by atoms with E-state index >= 15 is 0 Å². The molecule has 2 atom stereocenters. The second kappa shape index (κ2) is 4.52. The van der Waals surface area contributed by atoms with Crippen molar-refractivity contribution in [1.82, 2.24) is 4.90 Å². The van der Waals surface area contributed by atoms with E-state index in [-0.39, 0.29) is 6.54 Å². The highest BCUT2D eigenvalue weighted by Gasteiger charge is 2.38. The number of carbonyl (C=O) groups is 1. The van der Waals surface area contributed by atoms with E-state index in [4.69, 9.17) is 5.11 Å². The molecule has 3 heteroatoms. The highest BCUT2D eigenvalue weighted by molar-refractivity contribution is 5.69. The summed E-state index contributed by atoms with van der Waals surface area (Å²) in [6.45, 7) is 2.50. The average molecular weight is 211 g/mol. The first-order chi connectivity index (χ1) is 7.20. The third kappa shape index (κ3) is 2.71. The molecule has 0 aromatic heterocycles. The second-order valence-electron chi connectivity index (χ2n) is 5.04. The molecule has 0 aromatic carbocycles. The average Bonchev–Trinajstić information content (AvgIpc) is 2.92. The Hall–Kier alpha value is -0.570. The van der Waals surface area contributed by atoms with Gasteiger partial charge in [0.1, 0.15) is 0 Å². The smallest absolute Gasteiger partial charge is 0.317 e. The number of aliphatic carboxylic acids is 1. The molecule has 15 heavy (non-hydrogen) atoms. The summed E-state index contributed by atoms with van der Waals surface area (Å²) >= 11 is 0. The standard InChI is InChI=1S/C12H21NO2/c1-2-9-3-4-11(7-9)13(8-12(14)15)10-5-6-10/h9-11H,2-8H2,1H3,(H,14,15). The number of rotatable bonds is 5. The largest absolute Gasteiger partial charge is 0.480 e. The molecule has 0 aliphatic heterocycles. The Morgan fingerprint density at radius 3 is 2.40 bits per heavy atom. The summed E-state index contributed by atoms with van der Waals surface area (Å²) in [7, 11) is 0. The lowest BCUT2D eigenvalue weighted by Crippen LogP contribution is -2.39. The normalized spacial score (nSPS) is 31.1. The molecule has 2 fully saturated rings. The Bertz CT molecular complexity index is 238. The zero-order valence-corrected chi connectivity index (χ0v) is 9.48. The Kier molecular flexibility index (Phi) is 3.29. The van der Waals surface area contributed by atoms with Gasteiger partial charge in [-0.15, -0.1) is 0 Å². The van der Waals surface area contributed by atoms with Crippen LogP contribution in [-0.2, 0) is 4.79 Å². The van der Waals surface area contributed by atoms with Crippen LogP contribution in [0.5, 0.6) is 0 Å². The number of hydrogen-bond donors (Lipinski definition) is 1. The maximum atomic E-state index is 10.8. The van der Waals surface area contributed by atoms with Crippen molar-refractivity contribution in [2.24, 2.45) is 5.92 Å². The monoisotopic (exact) mass is 211 g/mol. The van der Waals surface area contributed by atoms with Gasteiger partial charge in [0, 0.05) is 12.1 Å². The maximum Gasteiger partial charge on any atom is 0.317 e. The Labute approximate surface area is 91.5 Å². The minimum atomic E-state index is -0.665. The van der Waals surface area contributed by atoms with Gasteiger partial charge >= 0.3 is 5.97 Å². The quantitative estimate of drug-likeness (QED) is 0.757. The van der Waals surface area contributed by atoms with Crippen molar-refractivity contribution in [3.8, 4) is 0 Å². The zero-order valence-electron chi connectivity index (χ0n) is 9.48.